The van der Waals surface area contributed by atoms with Crippen LogP contribution in [0.4, 0.5) is 0 Å². The van der Waals surface area contributed by atoms with Crippen molar-refractivity contribution in [2.75, 3.05) is 13.1 Å². The molecule has 1 aromatic rings. The molecule has 1 aliphatic heterocycles. The van der Waals surface area contributed by atoms with E-state index in [4.69, 9.17) is 5.11 Å². The van der Waals surface area contributed by atoms with Crippen molar-refractivity contribution in [3.05, 3.63) is 35.4 Å². The third kappa shape index (κ3) is 3.81. The molecule has 0 spiro atoms. The van der Waals surface area contributed by atoms with Gasteiger partial charge in [-0.1, -0.05) is 24.6 Å². The molecular weight excluding hydrogens is 256 g/mol. The number of nitrogens with one attached hydrogen (secondary N) is 2. The summed E-state index contributed by atoms with van der Waals surface area (Å²) in [4.78, 5) is 23.0. The highest BCUT2D eigenvalue weighted by atomic mass is 16.4. The summed E-state index contributed by atoms with van der Waals surface area (Å²) < 4.78 is 0. The lowest BCUT2D eigenvalue weighted by Crippen LogP contribution is -2.47. The molecule has 0 saturated carbocycles. The van der Waals surface area contributed by atoms with Crippen LogP contribution in [0.25, 0.3) is 0 Å². The molecule has 108 valence electrons. The van der Waals surface area contributed by atoms with Crippen LogP contribution >= 0.6 is 0 Å². The number of carboxylic acids is 1. The molecule has 1 atom stereocenters. The van der Waals surface area contributed by atoms with Crippen molar-refractivity contribution in [2.24, 2.45) is 0 Å². The van der Waals surface area contributed by atoms with Crippen LogP contribution in [0.5, 0.6) is 0 Å². The van der Waals surface area contributed by atoms with Gasteiger partial charge < -0.3 is 15.7 Å². The van der Waals surface area contributed by atoms with Gasteiger partial charge in [0.1, 0.15) is 0 Å². The Hall–Kier alpha value is -1.88. The van der Waals surface area contributed by atoms with E-state index in [2.05, 4.69) is 10.6 Å². The summed E-state index contributed by atoms with van der Waals surface area (Å²) in [5.74, 6) is -0.918. The van der Waals surface area contributed by atoms with Crippen LogP contribution in [-0.2, 0) is 11.2 Å². The molecule has 0 bridgehead atoms. The molecule has 1 fully saturated rings. The molecule has 1 unspecified atom stereocenters. The van der Waals surface area contributed by atoms with Crippen molar-refractivity contribution < 1.29 is 14.7 Å². The average molecular weight is 276 g/mol. The van der Waals surface area contributed by atoms with Crippen LogP contribution in [0.2, 0.25) is 0 Å². The van der Waals surface area contributed by atoms with Crippen LogP contribution in [0.15, 0.2) is 24.3 Å². The predicted molar refractivity (Wildman–Crippen MR) is 75.8 cm³/mol. The molecule has 1 amide bonds. The number of aromatic carboxylic acids is 1. The fraction of sp³-hybridized carbons (Fsp3) is 0.467. The Labute approximate surface area is 118 Å². The Morgan fingerprint density at radius 3 is 2.80 bits per heavy atom. The maximum atomic E-state index is 11.9. The summed E-state index contributed by atoms with van der Waals surface area (Å²) in [5, 5.41) is 15.1. The number of carbonyl (C=O) groups excluding carboxylic acids is 1. The second-order valence-electron chi connectivity index (χ2n) is 5.01. The quantitative estimate of drug-likeness (QED) is 0.754. The topological polar surface area (TPSA) is 78.4 Å². The molecule has 3 N–H and O–H groups in total. The number of hydrogen-bond acceptors (Lipinski definition) is 3. The van der Waals surface area contributed by atoms with E-state index in [0.717, 1.165) is 31.4 Å². The molecule has 2 rings (SSSR count). The first-order chi connectivity index (χ1) is 9.68. The first kappa shape index (κ1) is 14.5. The highest BCUT2D eigenvalue weighted by Crippen LogP contribution is 2.10. The Balaban J connectivity index is 1.83. The van der Waals surface area contributed by atoms with Gasteiger partial charge in [0, 0.05) is 6.54 Å². The SMILES string of the molecule is O=C(O)c1ccccc1CCNC(=O)C1CCCCN1. The molecular formula is C15H20N2O3. The minimum atomic E-state index is -0.930. The van der Waals surface area contributed by atoms with Crippen LogP contribution in [0, 0.1) is 0 Å². The van der Waals surface area contributed by atoms with Crippen molar-refractivity contribution >= 4 is 11.9 Å². The Bertz CT molecular complexity index is 482. The number of carboxylic acid groups (broad SMARTS) is 1. The summed E-state index contributed by atoms with van der Waals surface area (Å²) >= 11 is 0. The molecule has 0 radical (unpaired) electrons. The van der Waals surface area contributed by atoms with E-state index in [1.54, 1.807) is 18.2 Å². The minimum Gasteiger partial charge on any atom is -0.478 e. The lowest BCUT2D eigenvalue weighted by atomic mass is 10.0. The van der Waals surface area contributed by atoms with Crippen LogP contribution in [-0.4, -0.2) is 36.1 Å². The standard InChI is InChI=1S/C15H20N2O3/c18-14(13-7-3-4-9-16-13)17-10-8-11-5-1-2-6-12(11)15(19)20/h1-2,5-6,13,16H,3-4,7-10H2,(H,17,18)(H,19,20). The average Bonchev–Trinajstić information content (AvgIpc) is 2.48. The summed E-state index contributed by atoms with van der Waals surface area (Å²) in [5.41, 5.74) is 1.05. The summed E-state index contributed by atoms with van der Waals surface area (Å²) in [6, 6.07) is 6.79. The van der Waals surface area contributed by atoms with Gasteiger partial charge >= 0.3 is 5.97 Å². The lowest BCUT2D eigenvalue weighted by Gasteiger charge is -2.22. The van der Waals surface area contributed by atoms with Gasteiger partial charge in [-0.25, -0.2) is 4.79 Å². The molecule has 0 aliphatic carbocycles. The Morgan fingerprint density at radius 2 is 2.10 bits per heavy atom. The third-order valence-electron chi connectivity index (χ3n) is 3.57. The molecule has 5 nitrogen and oxygen atoms in total. The largest absolute Gasteiger partial charge is 0.478 e. The number of amides is 1. The normalized spacial score (nSPS) is 18.5. The first-order valence-electron chi connectivity index (χ1n) is 7.01. The van der Waals surface area contributed by atoms with Gasteiger partial charge in [-0.3, -0.25) is 4.79 Å². The maximum absolute atomic E-state index is 11.9. The number of rotatable bonds is 5. The zero-order chi connectivity index (χ0) is 14.4. The van der Waals surface area contributed by atoms with Gasteiger partial charge in [-0.15, -0.1) is 0 Å². The van der Waals surface area contributed by atoms with E-state index in [1.165, 1.54) is 0 Å². The van der Waals surface area contributed by atoms with E-state index in [1.807, 2.05) is 6.07 Å². The van der Waals surface area contributed by atoms with E-state index < -0.39 is 5.97 Å². The van der Waals surface area contributed by atoms with E-state index in [-0.39, 0.29) is 11.9 Å². The predicted octanol–water partition coefficient (Wildman–Crippen LogP) is 1.19. The smallest absolute Gasteiger partial charge is 0.335 e. The number of carbonyl (C=O) groups is 2. The summed E-state index contributed by atoms with van der Waals surface area (Å²) in [6.07, 6.45) is 3.60. The minimum absolute atomic E-state index is 0.0116. The fourth-order valence-electron chi connectivity index (χ4n) is 2.47. The molecule has 1 aliphatic rings. The van der Waals surface area contributed by atoms with E-state index in [9.17, 15) is 9.59 Å². The molecule has 0 aromatic heterocycles. The summed E-state index contributed by atoms with van der Waals surface area (Å²) in [6.45, 7) is 1.35. The molecule has 1 heterocycles. The second-order valence-corrected chi connectivity index (χ2v) is 5.01. The number of benzene rings is 1. The fourth-order valence-corrected chi connectivity index (χ4v) is 2.47. The molecule has 1 saturated heterocycles. The third-order valence-corrected chi connectivity index (χ3v) is 3.57. The first-order valence-corrected chi connectivity index (χ1v) is 7.01. The molecule has 5 heteroatoms. The highest BCUT2D eigenvalue weighted by Gasteiger charge is 2.19. The van der Waals surface area contributed by atoms with Gasteiger partial charge in [0.15, 0.2) is 0 Å². The van der Waals surface area contributed by atoms with Crippen molar-refractivity contribution in [3.8, 4) is 0 Å². The number of piperidine rings is 1. The number of hydrogen-bond donors (Lipinski definition) is 3. The molecule has 20 heavy (non-hydrogen) atoms. The van der Waals surface area contributed by atoms with Gasteiger partial charge in [-0.05, 0) is 37.4 Å². The van der Waals surface area contributed by atoms with Gasteiger partial charge in [-0.2, -0.15) is 0 Å². The van der Waals surface area contributed by atoms with Crippen molar-refractivity contribution in [2.45, 2.75) is 31.7 Å². The van der Waals surface area contributed by atoms with Crippen molar-refractivity contribution in [3.63, 3.8) is 0 Å². The second kappa shape index (κ2) is 7.05. The van der Waals surface area contributed by atoms with Crippen LogP contribution in [0.1, 0.15) is 35.2 Å². The van der Waals surface area contributed by atoms with Crippen molar-refractivity contribution in [1.82, 2.24) is 10.6 Å². The van der Waals surface area contributed by atoms with E-state index >= 15 is 0 Å². The zero-order valence-corrected chi connectivity index (χ0v) is 11.4. The van der Waals surface area contributed by atoms with Gasteiger partial charge in [0.05, 0.1) is 11.6 Å². The lowest BCUT2D eigenvalue weighted by molar-refractivity contribution is -0.123. The maximum Gasteiger partial charge on any atom is 0.335 e. The van der Waals surface area contributed by atoms with Gasteiger partial charge in [0.25, 0.3) is 0 Å². The van der Waals surface area contributed by atoms with Crippen LogP contribution in [0.3, 0.4) is 0 Å². The highest BCUT2D eigenvalue weighted by molar-refractivity contribution is 5.89. The Morgan fingerprint density at radius 1 is 1.30 bits per heavy atom. The van der Waals surface area contributed by atoms with Gasteiger partial charge in [0.2, 0.25) is 5.91 Å². The van der Waals surface area contributed by atoms with Crippen molar-refractivity contribution in [1.29, 1.82) is 0 Å². The molecule has 1 aromatic carbocycles. The summed E-state index contributed by atoms with van der Waals surface area (Å²) in [7, 11) is 0. The zero-order valence-electron chi connectivity index (χ0n) is 11.4. The Kier molecular flexibility index (Phi) is 5.12. The van der Waals surface area contributed by atoms with Crippen LogP contribution < -0.4 is 10.6 Å². The van der Waals surface area contributed by atoms with E-state index in [0.29, 0.717) is 18.5 Å². The monoisotopic (exact) mass is 276 g/mol.